The monoisotopic (exact) mass is 421 g/mol. The van der Waals surface area contributed by atoms with Gasteiger partial charge in [0.25, 0.3) is 0 Å². The summed E-state index contributed by atoms with van der Waals surface area (Å²) in [5.74, 6) is -0.938. The van der Waals surface area contributed by atoms with Crippen LogP contribution in [0.4, 0.5) is 5.69 Å². The fourth-order valence-corrected chi connectivity index (χ4v) is 4.04. The number of aromatic nitrogens is 1. The van der Waals surface area contributed by atoms with Crippen molar-refractivity contribution in [2.75, 3.05) is 13.6 Å². The maximum Gasteiger partial charge on any atom is 0.348 e. The first-order valence-corrected chi connectivity index (χ1v) is 10.7. The Hall–Kier alpha value is -2.99. The van der Waals surface area contributed by atoms with E-state index >= 15 is 0 Å². The van der Waals surface area contributed by atoms with Gasteiger partial charge in [0.05, 0.1) is 22.7 Å². The number of carboxylic acids is 1. The average molecular weight is 422 g/mol. The predicted molar refractivity (Wildman–Crippen MR) is 124 cm³/mol. The highest BCUT2D eigenvalue weighted by Gasteiger charge is 2.19. The summed E-state index contributed by atoms with van der Waals surface area (Å²) in [5, 5.41) is 10.5. The average Bonchev–Trinajstić information content (AvgIpc) is 3.14. The maximum absolute atomic E-state index is 11.8. The maximum atomic E-state index is 11.8. The summed E-state index contributed by atoms with van der Waals surface area (Å²) in [6, 6.07) is 12.0. The fraction of sp³-hybridized carbons (Fsp3) is 0.292. The van der Waals surface area contributed by atoms with Gasteiger partial charge in [0.15, 0.2) is 0 Å². The lowest BCUT2D eigenvalue weighted by Crippen LogP contribution is -2.14. The Balaban J connectivity index is 1.92. The van der Waals surface area contributed by atoms with E-state index < -0.39 is 5.97 Å². The Morgan fingerprint density at radius 1 is 1.17 bits per heavy atom. The van der Waals surface area contributed by atoms with Gasteiger partial charge in [0, 0.05) is 25.6 Å². The van der Waals surface area contributed by atoms with Gasteiger partial charge in [-0.25, -0.2) is 14.8 Å². The first kappa shape index (κ1) is 21.7. The molecule has 156 valence electrons. The molecule has 0 amide bonds. The molecule has 6 heteroatoms. The van der Waals surface area contributed by atoms with Gasteiger partial charge in [0.2, 0.25) is 0 Å². The predicted octanol–water partition coefficient (Wildman–Crippen LogP) is 5.64. The third kappa shape index (κ3) is 4.94. The van der Waals surface area contributed by atoms with Crippen LogP contribution in [0.3, 0.4) is 0 Å². The number of aryl methyl sites for hydroxylation is 3. The second-order valence-electron chi connectivity index (χ2n) is 7.52. The molecule has 0 saturated carbocycles. The number of aliphatic imine (C=N–C) groups is 1. The molecule has 0 atom stereocenters. The fourth-order valence-electron chi connectivity index (χ4n) is 3.09. The molecule has 0 bridgehead atoms. The largest absolute Gasteiger partial charge is 0.477 e. The van der Waals surface area contributed by atoms with Gasteiger partial charge in [-0.1, -0.05) is 35.9 Å². The number of nitrogens with zero attached hydrogens (tertiary/aromatic N) is 3. The lowest BCUT2D eigenvalue weighted by atomic mass is 10.0. The number of hydrogen-bond acceptors (Lipinski definition) is 4. The van der Waals surface area contributed by atoms with Gasteiger partial charge in [0.1, 0.15) is 4.88 Å². The second kappa shape index (κ2) is 9.22. The van der Waals surface area contributed by atoms with Crippen molar-refractivity contribution in [3.63, 3.8) is 0 Å². The zero-order chi connectivity index (χ0) is 21.8. The van der Waals surface area contributed by atoms with E-state index in [4.69, 9.17) is 4.98 Å². The summed E-state index contributed by atoms with van der Waals surface area (Å²) >= 11 is 1.25. The summed E-state index contributed by atoms with van der Waals surface area (Å²) in [6.07, 6.45) is 2.44. The summed E-state index contributed by atoms with van der Waals surface area (Å²) in [6.45, 7) is 9.09. The van der Waals surface area contributed by atoms with E-state index in [0.717, 1.165) is 45.1 Å². The highest BCUT2D eigenvalue weighted by atomic mass is 32.1. The van der Waals surface area contributed by atoms with Crippen LogP contribution in [0.5, 0.6) is 0 Å². The standard InChI is InChI=1S/C24H27N3O2S/c1-6-27(5)14-25-20-12-16(3)19(11-17(20)4)13-21-26-22(23(30-21)24(28)29)18-9-7-15(2)8-10-18/h7-12,14H,6,13H2,1-5H3,(H,28,29)/b25-14+. The van der Waals surface area contributed by atoms with Gasteiger partial charge < -0.3 is 10.0 Å². The van der Waals surface area contributed by atoms with E-state index in [1.165, 1.54) is 11.3 Å². The molecule has 0 unspecified atom stereocenters. The summed E-state index contributed by atoms with van der Waals surface area (Å²) in [5.41, 5.74) is 6.79. The Bertz CT molecular complexity index is 1080. The normalized spacial score (nSPS) is 11.2. The number of benzene rings is 2. The number of carbonyl (C=O) groups is 1. The molecule has 0 radical (unpaired) electrons. The van der Waals surface area contributed by atoms with Crippen LogP contribution in [0.25, 0.3) is 11.3 Å². The number of hydrogen-bond donors (Lipinski definition) is 1. The van der Waals surface area contributed by atoms with Crippen molar-refractivity contribution >= 4 is 29.3 Å². The molecular weight excluding hydrogens is 394 g/mol. The number of carboxylic acid groups (broad SMARTS) is 1. The van der Waals surface area contributed by atoms with Crippen molar-refractivity contribution in [2.45, 2.75) is 34.1 Å². The molecule has 2 aromatic carbocycles. The molecule has 3 aromatic rings. The van der Waals surface area contributed by atoms with Gasteiger partial charge in [-0.2, -0.15) is 0 Å². The first-order chi connectivity index (χ1) is 14.3. The van der Waals surface area contributed by atoms with Crippen LogP contribution in [-0.2, 0) is 6.42 Å². The van der Waals surface area contributed by atoms with E-state index in [0.29, 0.717) is 12.1 Å². The lowest BCUT2D eigenvalue weighted by molar-refractivity contribution is 0.0702. The Morgan fingerprint density at radius 3 is 2.50 bits per heavy atom. The Labute approximate surface area is 181 Å². The quantitative estimate of drug-likeness (QED) is 0.396. The molecule has 0 aliphatic heterocycles. The second-order valence-corrected chi connectivity index (χ2v) is 8.60. The minimum Gasteiger partial charge on any atom is -0.477 e. The molecule has 1 N–H and O–H groups in total. The van der Waals surface area contributed by atoms with Crippen molar-refractivity contribution in [3.8, 4) is 11.3 Å². The van der Waals surface area contributed by atoms with E-state index in [9.17, 15) is 9.90 Å². The van der Waals surface area contributed by atoms with Crippen molar-refractivity contribution in [1.82, 2.24) is 9.88 Å². The third-order valence-corrected chi connectivity index (χ3v) is 6.12. The minimum atomic E-state index is -0.938. The Morgan fingerprint density at radius 2 is 1.87 bits per heavy atom. The molecule has 1 aromatic heterocycles. The number of aromatic carboxylic acids is 1. The lowest BCUT2D eigenvalue weighted by Gasteiger charge is -2.11. The van der Waals surface area contributed by atoms with Crippen molar-refractivity contribution < 1.29 is 9.90 Å². The summed E-state index contributed by atoms with van der Waals surface area (Å²) < 4.78 is 0. The third-order valence-electron chi connectivity index (χ3n) is 5.08. The molecule has 0 saturated heterocycles. The van der Waals surface area contributed by atoms with Crippen LogP contribution >= 0.6 is 11.3 Å². The van der Waals surface area contributed by atoms with Crippen LogP contribution in [0.1, 0.15) is 43.9 Å². The molecule has 30 heavy (non-hydrogen) atoms. The van der Waals surface area contributed by atoms with E-state index in [-0.39, 0.29) is 4.88 Å². The van der Waals surface area contributed by atoms with E-state index in [2.05, 4.69) is 31.0 Å². The van der Waals surface area contributed by atoms with Crippen LogP contribution in [0.15, 0.2) is 41.4 Å². The first-order valence-electron chi connectivity index (χ1n) is 9.93. The van der Waals surface area contributed by atoms with E-state index in [1.807, 2.05) is 56.4 Å². The highest BCUT2D eigenvalue weighted by molar-refractivity contribution is 7.14. The topological polar surface area (TPSA) is 65.8 Å². The minimum absolute atomic E-state index is 0.284. The van der Waals surface area contributed by atoms with Crippen molar-refractivity contribution in [3.05, 3.63) is 68.5 Å². The molecule has 1 heterocycles. The molecule has 0 aliphatic rings. The zero-order valence-corrected chi connectivity index (χ0v) is 18.9. The van der Waals surface area contributed by atoms with E-state index in [1.54, 1.807) is 0 Å². The van der Waals surface area contributed by atoms with Gasteiger partial charge in [-0.15, -0.1) is 11.3 Å². The Kier molecular flexibility index (Phi) is 6.67. The van der Waals surface area contributed by atoms with Gasteiger partial charge >= 0.3 is 5.97 Å². The summed E-state index contributed by atoms with van der Waals surface area (Å²) in [7, 11) is 1.99. The SMILES string of the molecule is CCN(C)/C=N/c1cc(C)c(Cc2nc(-c3ccc(C)cc3)c(C(=O)O)s2)cc1C. The van der Waals surface area contributed by atoms with Crippen LogP contribution in [0, 0.1) is 20.8 Å². The molecule has 0 spiro atoms. The smallest absolute Gasteiger partial charge is 0.348 e. The highest BCUT2D eigenvalue weighted by Crippen LogP contribution is 2.31. The van der Waals surface area contributed by atoms with Crippen molar-refractivity contribution in [1.29, 1.82) is 0 Å². The molecule has 0 aliphatic carbocycles. The number of rotatable bonds is 7. The van der Waals surface area contributed by atoms with Crippen LogP contribution in [-0.4, -0.2) is 40.9 Å². The van der Waals surface area contributed by atoms with Crippen molar-refractivity contribution in [2.24, 2.45) is 4.99 Å². The molecular formula is C24H27N3O2S. The summed E-state index contributed by atoms with van der Waals surface area (Å²) in [4.78, 5) is 23.4. The van der Waals surface area contributed by atoms with Crippen LogP contribution in [0.2, 0.25) is 0 Å². The zero-order valence-electron chi connectivity index (χ0n) is 18.1. The number of thiazole rings is 1. The molecule has 5 nitrogen and oxygen atoms in total. The molecule has 3 rings (SSSR count). The van der Waals surface area contributed by atoms with Gasteiger partial charge in [-0.05, 0) is 50.5 Å². The van der Waals surface area contributed by atoms with Gasteiger partial charge in [-0.3, -0.25) is 0 Å². The van der Waals surface area contributed by atoms with Crippen LogP contribution < -0.4 is 0 Å². The molecule has 0 fully saturated rings.